The van der Waals surface area contributed by atoms with E-state index in [1.54, 1.807) is 26.2 Å². The van der Waals surface area contributed by atoms with E-state index >= 15 is 0 Å². The number of carbonyl (C=O) groups excluding carboxylic acids is 2. The molecule has 0 aromatic heterocycles. The van der Waals surface area contributed by atoms with Crippen LogP contribution >= 0.6 is 0 Å². The summed E-state index contributed by atoms with van der Waals surface area (Å²) in [5.74, 6) is -0.222. The van der Waals surface area contributed by atoms with Gasteiger partial charge in [0.05, 0.1) is 25.8 Å². The largest absolute Gasteiger partial charge is 0.385 e. The number of rotatable bonds is 7. The van der Waals surface area contributed by atoms with Crippen LogP contribution in [0.1, 0.15) is 6.42 Å². The van der Waals surface area contributed by atoms with Crippen LogP contribution in [0.3, 0.4) is 0 Å². The summed E-state index contributed by atoms with van der Waals surface area (Å²) < 4.78 is 15.5. The molecule has 0 saturated carbocycles. The van der Waals surface area contributed by atoms with Crippen LogP contribution in [-0.2, 0) is 19.0 Å². The molecule has 0 aromatic rings. The van der Waals surface area contributed by atoms with Crippen LogP contribution in [0.25, 0.3) is 0 Å². The van der Waals surface area contributed by atoms with Gasteiger partial charge in [-0.25, -0.2) is 4.79 Å². The minimum absolute atomic E-state index is 0.122. The van der Waals surface area contributed by atoms with E-state index in [2.05, 4.69) is 10.6 Å². The Balaban J connectivity index is 2.50. The zero-order valence-corrected chi connectivity index (χ0v) is 12.9. The first-order valence-electron chi connectivity index (χ1n) is 6.98. The SMILES string of the molecule is CNC(=O)C1CN(C(=O)NC(CCOC)COC)CCO1. The van der Waals surface area contributed by atoms with Gasteiger partial charge in [-0.05, 0) is 6.42 Å². The number of nitrogens with zero attached hydrogens (tertiary/aromatic N) is 1. The van der Waals surface area contributed by atoms with Gasteiger partial charge in [0.2, 0.25) is 0 Å². The summed E-state index contributed by atoms with van der Waals surface area (Å²) in [6.07, 6.45) is 0.0496. The fourth-order valence-corrected chi connectivity index (χ4v) is 2.08. The van der Waals surface area contributed by atoms with Gasteiger partial charge in [-0.1, -0.05) is 0 Å². The smallest absolute Gasteiger partial charge is 0.317 e. The Bertz CT molecular complexity index is 340. The van der Waals surface area contributed by atoms with E-state index in [0.29, 0.717) is 32.8 Å². The summed E-state index contributed by atoms with van der Waals surface area (Å²) >= 11 is 0. The molecule has 1 aliphatic rings. The molecule has 0 aromatic carbocycles. The van der Waals surface area contributed by atoms with E-state index in [4.69, 9.17) is 14.2 Å². The highest BCUT2D eigenvalue weighted by atomic mass is 16.5. The van der Waals surface area contributed by atoms with E-state index in [9.17, 15) is 9.59 Å². The normalized spacial score (nSPS) is 20.0. The Morgan fingerprint density at radius 2 is 2.14 bits per heavy atom. The van der Waals surface area contributed by atoms with Gasteiger partial charge in [0.15, 0.2) is 6.10 Å². The Morgan fingerprint density at radius 1 is 1.38 bits per heavy atom. The lowest BCUT2D eigenvalue weighted by Gasteiger charge is -2.33. The molecular formula is C13H25N3O5. The highest BCUT2D eigenvalue weighted by Gasteiger charge is 2.29. The monoisotopic (exact) mass is 303 g/mol. The maximum atomic E-state index is 12.2. The first-order valence-corrected chi connectivity index (χ1v) is 6.98. The van der Waals surface area contributed by atoms with Gasteiger partial charge in [-0.2, -0.15) is 0 Å². The Kier molecular flexibility index (Phi) is 8.03. The number of nitrogens with one attached hydrogen (secondary N) is 2. The minimum Gasteiger partial charge on any atom is -0.385 e. The van der Waals surface area contributed by atoms with Crippen LogP contribution in [0.15, 0.2) is 0 Å². The third-order valence-electron chi connectivity index (χ3n) is 3.26. The van der Waals surface area contributed by atoms with Crippen LogP contribution in [0.5, 0.6) is 0 Å². The highest BCUT2D eigenvalue weighted by Crippen LogP contribution is 2.06. The van der Waals surface area contributed by atoms with Crippen LogP contribution in [-0.4, -0.2) is 83.2 Å². The van der Waals surface area contributed by atoms with Crippen molar-refractivity contribution < 1.29 is 23.8 Å². The maximum Gasteiger partial charge on any atom is 0.317 e. The van der Waals surface area contributed by atoms with Crippen molar-refractivity contribution in [1.29, 1.82) is 0 Å². The van der Waals surface area contributed by atoms with Crippen LogP contribution in [0.4, 0.5) is 4.79 Å². The number of ether oxygens (including phenoxy) is 3. The van der Waals surface area contributed by atoms with Crippen LogP contribution in [0.2, 0.25) is 0 Å². The highest BCUT2D eigenvalue weighted by molar-refractivity contribution is 5.82. The number of morpholine rings is 1. The standard InChI is InChI=1S/C13H25N3O5/c1-14-12(17)11-8-16(5-7-21-11)13(18)15-10(9-20-3)4-6-19-2/h10-11H,4-9H2,1-3H3,(H,14,17)(H,15,18). The molecule has 3 amide bonds. The van der Waals surface area contributed by atoms with Gasteiger partial charge >= 0.3 is 6.03 Å². The van der Waals surface area contributed by atoms with E-state index < -0.39 is 6.10 Å². The van der Waals surface area contributed by atoms with Gasteiger partial charge < -0.3 is 29.7 Å². The molecule has 8 nitrogen and oxygen atoms in total. The summed E-state index contributed by atoms with van der Waals surface area (Å²) in [4.78, 5) is 25.4. The van der Waals surface area contributed by atoms with Crippen molar-refractivity contribution in [3.05, 3.63) is 0 Å². The second-order valence-electron chi connectivity index (χ2n) is 4.80. The molecule has 0 radical (unpaired) electrons. The van der Waals surface area contributed by atoms with E-state index in [1.165, 1.54) is 0 Å². The molecule has 1 fully saturated rings. The van der Waals surface area contributed by atoms with Gasteiger partial charge in [0.1, 0.15) is 0 Å². The first kappa shape index (κ1) is 17.7. The number of methoxy groups -OCH3 is 2. The number of carbonyl (C=O) groups is 2. The molecular weight excluding hydrogens is 278 g/mol. The molecule has 1 saturated heterocycles. The lowest BCUT2D eigenvalue weighted by atomic mass is 10.2. The number of hydrogen-bond acceptors (Lipinski definition) is 5. The summed E-state index contributed by atoms with van der Waals surface area (Å²) in [6.45, 7) is 2.01. The first-order chi connectivity index (χ1) is 10.1. The van der Waals surface area contributed by atoms with Crippen molar-refractivity contribution in [3.8, 4) is 0 Å². The third kappa shape index (κ3) is 5.86. The molecule has 0 aliphatic carbocycles. The van der Waals surface area contributed by atoms with E-state index in [1.807, 2.05) is 0 Å². The van der Waals surface area contributed by atoms with Crippen molar-refractivity contribution in [3.63, 3.8) is 0 Å². The number of amides is 3. The lowest BCUT2D eigenvalue weighted by Crippen LogP contribution is -2.55. The second-order valence-corrected chi connectivity index (χ2v) is 4.80. The van der Waals surface area contributed by atoms with E-state index in [0.717, 1.165) is 0 Å². The molecule has 1 rings (SSSR count). The molecule has 1 aliphatic heterocycles. The predicted molar refractivity (Wildman–Crippen MR) is 76.1 cm³/mol. The minimum atomic E-state index is -0.616. The quantitative estimate of drug-likeness (QED) is 0.642. The summed E-state index contributed by atoms with van der Waals surface area (Å²) in [5.41, 5.74) is 0. The van der Waals surface area contributed by atoms with Gasteiger partial charge in [0, 0.05) is 34.4 Å². The molecule has 2 unspecified atom stereocenters. The Labute approximate surface area is 125 Å². The van der Waals surface area contributed by atoms with E-state index in [-0.39, 0.29) is 24.5 Å². The second kappa shape index (κ2) is 9.54. The maximum absolute atomic E-state index is 12.2. The van der Waals surface area contributed by atoms with Gasteiger partial charge in [-0.15, -0.1) is 0 Å². The Hall–Kier alpha value is -1.38. The Morgan fingerprint density at radius 3 is 2.76 bits per heavy atom. The molecule has 2 atom stereocenters. The fraction of sp³-hybridized carbons (Fsp3) is 0.846. The molecule has 21 heavy (non-hydrogen) atoms. The molecule has 1 heterocycles. The summed E-state index contributed by atoms with van der Waals surface area (Å²) in [5, 5.41) is 5.42. The number of urea groups is 1. The summed E-state index contributed by atoms with van der Waals surface area (Å²) in [6, 6.07) is -0.339. The lowest BCUT2D eigenvalue weighted by molar-refractivity contribution is -0.136. The van der Waals surface area contributed by atoms with Crippen molar-refractivity contribution in [2.75, 3.05) is 54.2 Å². The molecule has 8 heteroatoms. The van der Waals surface area contributed by atoms with Crippen molar-refractivity contribution in [2.24, 2.45) is 0 Å². The summed E-state index contributed by atoms with van der Waals surface area (Å²) in [7, 11) is 4.74. The van der Waals surface area contributed by atoms with Crippen LogP contribution in [0, 0.1) is 0 Å². The fourth-order valence-electron chi connectivity index (χ4n) is 2.08. The zero-order valence-electron chi connectivity index (χ0n) is 12.9. The molecule has 0 spiro atoms. The average Bonchev–Trinajstić information content (AvgIpc) is 2.52. The number of likely N-dealkylation sites (N-methyl/N-ethyl adjacent to an activating group) is 1. The van der Waals surface area contributed by atoms with Crippen molar-refractivity contribution in [2.45, 2.75) is 18.6 Å². The number of hydrogen-bond donors (Lipinski definition) is 2. The molecule has 2 N–H and O–H groups in total. The van der Waals surface area contributed by atoms with Crippen molar-refractivity contribution >= 4 is 11.9 Å². The zero-order chi connectivity index (χ0) is 15.7. The predicted octanol–water partition coefficient (Wildman–Crippen LogP) is -0.806. The van der Waals surface area contributed by atoms with Gasteiger partial charge in [0.25, 0.3) is 5.91 Å². The topological polar surface area (TPSA) is 89.1 Å². The van der Waals surface area contributed by atoms with Crippen molar-refractivity contribution in [1.82, 2.24) is 15.5 Å². The van der Waals surface area contributed by atoms with Gasteiger partial charge in [-0.3, -0.25) is 4.79 Å². The molecule has 0 bridgehead atoms. The third-order valence-corrected chi connectivity index (χ3v) is 3.26. The molecule has 122 valence electrons. The average molecular weight is 303 g/mol. The van der Waals surface area contributed by atoms with Crippen LogP contribution < -0.4 is 10.6 Å².